The van der Waals surface area contributed by atoms with Gasteiger partial charge in [0.05, 0.1) is 44.4 Å². The van der Waals surface area contributed by atoms with E-state index in [2.05, 4.69) is 11.0 Å². The zero-order chi connectivity index (χ0) is 14.9. The van der Waals surface area contributed by atoms with Crippen molar-refractivity contribution in [3.63, 3.8) is 0 Å². The number of anilines is 2. The first-order chi connectivity index (χ1) is 10.3. The molecule has 0 unspecified atom stereocenters. The Morgan fingerprint density at radius 3 is 2.67 bits per heavy atom. The number of rotatable bonds is 9. The van der Waals surface area contributed by atoms with Crippen molar-refractivity contribution in [2.24, 2.45) is 0 Å². The van der Waals surface area contributed by atoms with Crippen LogP contribution in [-0.2, 0) is 20.6 Å². The monoisotopic (exact) mass is 294 g/mol. The second-order valence-corrected chi connectivity index (χ2v) is 5.16. The molecular weight excluding hydrogens is 268 g/mol. The Balaban J connectivity index is 1.68. The normalized spacial score (nSPS) is 14.2. The minimum Gasteiger partial charge on any atom is -0.397 e. The summed E-state index contributed by atoms with van der Waals surface area (Å²) in [6, 6.07) is 6.18. The molecule has 0 aromatic heterocycles. The molecule has 1 aromatic rings. The summed E-state index contributed by atoms with van der Waals surface area (Å²) < 4.78 is 15.9. The Morgan fingerprint density at radius 2 is 1.86 bits per heavy atom. The number of benzene rings is 1. The van der Waals surface area contributed by atoms with E-state index in [0.717, 1.165) is 25.2 Å². The van der Waals surface area contributed by atoms with Gasteiger partial charge in [0.1, 0.15) is 0 Å². The smallest absolute Gasteiger partial charge is 0.0701 e. The van der Waals surface area contributed by atoms with Gasteiger partial charge in [0, 0.05) is 20.2 Å². The van der Waals surface area contributed by atoms with Crippen LogP contribution in [0.25, 0.3) is 0 Å². The number of ether oxygens (including phenoxy) is 3. The first-order valence-corrected chi connectivity index (χ1v) is 7.59. The highest BCUT2D eigenvalue weighted by atomic mass is 16.5. The van der Waals surface area contributed by atoms with Crippen LogP contribution in [0.5, 0.6) is 0 Å². The number of hydrogen-bond donors (Lipinski definition) is 1. The standard InChI is InChI=1S/C16H26N2O3/c1-19-10-11-21-13-12-20-9-8-18-7-3-5-14-4-2-6-15(17)16(14)18/h2,4,6H,3,5,7-13,17H2,1H3. The minimum absolute atomic E-state index is 0.613. The van der Waals surface area contributed by atoms with E-state index in [0.29, 0.717) is 33.0 Å². The fourth-order valence-electron chi connectivity index (χ4n) is 2.63. The van der Waals surface area contributed by atoms with E-state index in [9.17, 15) is 0 Å². The van der Waals surface area contributed by atoms with Crippen molar-refractivity contribution in [2.75, 3.05) is 63.9 Å². The predicted molar refractivity (Wildman–Crippen MR) is 84.9 cm³/mol. The van der Waals surface area contributed by atoms with Crippen LogP contribution in [0, 0.1) is 0 Å². The predicted octanol–water partition coefficient (Wildman–Crippen LogP) is 1.70. The highest BCUT2D eigenvalue weighted by Gasteiger charge is 2.18. The quantitative estimate of drug-likeness (QED) is 0.555. The summed E-state index contributed by atoms with van der Waals surface area (Å²) in [6.07, 6.45) is 2.29. The van der Waals surface area contributed by atoms with Gasteiger partial charge >= 0.3 is 0 Å². The molecular formula is C16H26N2O3. The number of aryl methyl sites for hydroxylation is 1. The summed E-state index contributed by atoms with van der Waals surface area (Å²) in [6.45, 7) is 5.10. The molecule has 0 spiro atoms. The number of methoxy groups -OCH3 is 1. The first kappa shape index (κ1) is 16.1. The maximum atomic E-state index is 6.12. The van der Waals surface area contributed by atoms with Crippen molar-refractivity contribution in [3.05, 3.63) is 23.8 Å². The lowest BCUT2D eigenvalue weighted by Gasteiger charge is -2.32. The zero-order valence-corrected chi connectivity index (χ0v) is 12.8. The third-order valence-electron chi connectivity index (χ3n) is 3.65. The summed E-state index contributed by atoms with van der Waals surface area (Å²) in [5.74, 6) is 0. The molecule has 118 valence electrons. The Hall–Kier alpha value is -1.30. The summed E-state index contributed by atoms with van der Waals surface area (Å²) in [5, 5.41) is 0. The van der Waals surface area contributed by atoms with Crippen molar-refractivity contribution < 1.29 is 14.2 Å². The van der Waals surface area contributed by atoms with E-state index in [-0.39, 0.29) is 0 Å². The van der Waals surface area contributed by atoms with E-state index in [1.54, 1.807) is 7.11 Å². The van der Waals surface area contributed by atoms with Crippen LogP contribution in [-0.4, -0.2) is 53.2 Å². The molecule has 1 aliphatic rings. The Morgan fingerprint density at radius 1 is 1.10 bits per heavy atom. The van der Waals surface area contributed by atoms with Crippen molar-refractivity contribution in [2.45, 2.75) is 12.8 Å². The number of hydrogen-bond acceptors (Lipinski definition) is 5. The van der Waals surface area contributed by atoms with Gasteiger partial charge in [-0.3, -0.25) is 0 Å². The highest BCUT2D eigenvalue weighted by molar-refractivity contribution is 5.72. The van der Waals surface area contributed by atoms with Gasteiger partial charge in [-0.25, -0.2) is 0 Å². The molecule has 0 aliphatic carbocycles. The van der Waals surface area contributed by atoms with Crippen LogP contribution in [0.15, 0.2) is 18.2 Å². The molecule has 0 bridgehead atoms. The molecule has 0 atom stereocenters. The zero-order valence-electron chi connectivity index (χ0n) is 12.8. The van der Waals surface area contributed by atoms with Crippen molar-refractivity contribution >= 4 is 11.4 Å². The molecule has 2 rings (SSSR count). The molecule has 1 aromatic carbocycles. The van der Waals surface area contributed by atoms with Crippen LogP contribution in [0.2, 0.25) is 0 Å². The number of para-hydroxylation sites is 1. The third kappa shape index (κ3) is 4.88. The molecule has 2 N–H and O–H groups in total. The largest absolute Gasteiger partial charge is 0.397 e. The third-order valence-corrected chi connectivity index (χ3v) is 3.65. The summed E-state index contributed by atoms with van der Waals surface area (Å²) in [4.78, 5) is 2.33. The summed E-state index contributed by atoms with van der Waals surface area (Å²) in [5.41, 5.74) is 9.54. The lowest BCUT2D eigenvalue weighted by Crippen LogP contribution is -2.33. The Bertz CT molecular complexity index is 426. The summed E-state index contributed by atoms with van der Waals surface area (Å²) in [7, 11) is 1.67. The average molecular weight is 294 g/mol. The van der Waals surface area contributed by atoms with Gasteiger partial charge < -0.3 is 24.8 Å². The topological polar surface area (TPSA) is 57.0 Å². The van der Waals surface area contributed by atoms with Crippen LogP contribution >= 0.6 is 0 Å². The summed E-state index contributed by atoms with van der Waals surface area (Å²) >= 11 is 0. The fourth-order valence-corrected chi connectivity index (χ4v) is 2.63. The molecule has 5 nitrogen and oxygen atoms in total. The van der Waals surface area contributed by atoms with Crippen LogP contribution in [0.4, 0.5) is 11.4 Å². The lowest BCUT2D eigenvalue weighted by atomic mass is 10.0. The molecule has 0 saturated carbocycles. The maximum Gasteiger partial charge on any atom is 0.0701 e. The molecule has 0 amide bonds. The Labute approximate surface area is 127 Å². The second-order valence-electron chi connectivity index (χ2n) is 5.16. The van der Waals surface area contributed by atoms with E-state index in [1.807, 2.05) is 12.1 Å². The molecule has 0 radical (unpaired) electrons. The van der Waals surface area contributed by atoms with Crippen LogP contribution in [0.1, 0.15) is 12.0 Å². The fraction of sp³-hybridized carbons (Fsp3) is 0.625. The van der Waals surface area contributed by atoms with Crippen molar-refractivity contribution in [1.82, 2.24) is 0 Å². The Kier molecular flexibility index (Phi) is 6.79. The van der Waals surface area contributed by atoms with Gasteiger partial charge in [-0.2, -0.15) is 0 Å². The molecule has 5 heteroatoms. The SMILES string of the molecule is COCCOCCOCCN1CCCc2cccc(N)c21. The van der Waals surface area contributed by atoms with Gasteiger partial charge in [-0.15, -0.1) is 0 Å². The maximum absolute atomic E-state index is 6.12. The van der Waals surface area contributed by atoms with Gasteiger partial charge in [0.2, 0.25) is 0 Å². The van der Waals surface area contributed by atoms with E-state index >= 15 is 0 Å². The molecule has 0 fully saturated rings. The number of nitrogen functional groups attached to an aromatic ring is 1. The van der Waals surface area contributed by atoms with Crippen molar-refractivity contribution in [3.8, 4) is 0 Å². The average Bonchev–Trinajstić information content (AvgIpc) is 2.50. The molecule has 1 heterocycles. The van der Waals surface area contributed by atoms with E-state index < -0.39 is 0 Å². The second kappa shape index (κ2) is 8.87. The number of nitrogens with two attached hydrogens (primary N) is 1. The number of fused-ring (bicyclic) bond motifs is 1. The molecule has 1 aliphatic heterocycles. The first-order valence-electron chi connectivity index (χ1n) is 7.59. The highest BCUT2D eigenvalue weighted by Crippen LogP contribution is 2.32. The van der Waals surface area contributed by atoms with E-state index in [4.69, 9.17) is 19.9 Å². The van der Waals surface area contributed by atoms with Crippen LogP contribution < -0.4 is 10.6 Å². The molecule has 0 saturated heterocycles. The van der Waals surface area contributed by atoms with E-state index in [1.165, 1.54) is 17.7 Å². The van der Waals surface area contributed by atoms with Gasteiger partial charge in [0.25, 0.3) is 0 Å². The van der Waals surface area contributed by atoms with Crippen LogP contribution in [0.3, 0.4) is 0 Å². The van der Waals surface area contributed by atoms with Crippen molar-refractivity contribution in [1.29, 1.82) is 0 Å². The van der Waals surface area contributed by atoms with Gasteiger partial charge in [-0.1, -0.05) is 12.1 Å². The lowest BCUT2D eigenvalue weighted by molar-refractivity contribution is 0.0264. The van der Waals surface area contributed by atoms with Gasteiger partial charge in [0.15, 0.2) is 0 Å². The molecule has 21 heavy (non-hydrogen) atoms. The minimum atomic E-state index is 0.613. The van der Waals surface area contributed by atoms with Gasteiger partial charge in [-0.05, 0) is 24.5 Å². The number of nitrogens with zero attached hydrogens (tertiary/aromatic N) is 1.